The van der Waals surface area contributed by atoms with Crippen molar-refractivity contribution in [3.05, 3.63) is 47.8 Å². The first kappa shape index (κ1) is 12.4. The summed E-state index contributed by atoms with van der Waals surface area (Å²) in [6, 6.07) is 4.48. The monoisotopic (exact) mass is 256 g/mol. The lowest BCUT2D eigenvalue weighted by molar-refractivity contribution is 0.388. The van der Waals surface area contributed by atoms with Gasteiger partial charge in [-0.25, -0.2) is 4.98 Å². The van der Waals surface area contributed by atoms with E-state index in [2.05, 4.69) is 33.3 Å². The number of pyridine rings is 1. The summed E-state index contributed by atoms with van der Waals surface area (Å²) in [5.74, 6) is 1.43. The zero-order valence-corrected chi connectivity index (χ0v) is 11.3. The van der Waals surface area contributed by atoms with Crippen LogP contribution in [0.5, 0.6) is 0 Å². The molecule has 100 valence electrons. The van der Waals surface area contributed by atoms with Crippen LogP contribution in [0.2, 0.25) is 0 Å². The van der Waals surface area contributed by atoms with Crippen LogP contribution < -0.4 is 5.32 Å². The van der Waals surface area contributed by atoms with Crippen LogP contribution in [0.4, 0.5) is 0 Å². The van der Waals surface area contributed by atoms with Crippen molar-refractivity contribution in [1.29, 1.82) is 0 Å². The lowest BCUT2D eigenvalue weighted by atomic mass is 9.81. The van der Waals surface area contributed by atoms with Gasteiger partial charge in [-0.2, -0.15) is 0 Å². The number of nitrogens with zero attached hydrogens (tertiary/aromatic N) is 2. The molecule has 0 fully saturated rings. The van der Waals surface area contributed by atoms with Crippen molar-refractivity contribution in [2.45, 2.75) is 38.1 Å². The highest BCUT2D eigenvalue weighted by atomic mass is 15.0. The Labute approximate surface area is 113 Å². The third kappa shape index (κ3) is 2.40. The average molecular weight is 256 g/mol. The van der Waals surface area contributed by atoms with Crippen LogP contribution in [0.3, 0.4) is 0 Å². The smallest absolute Gasteiger partial charge is 0.123 e. The average Bonchev–Trinajstić information content (AvgIpc) is 2.98. The molecule has 0 saturated carbocycles. The number of aryl methyl sites for hydroxylation is 1. The van der Waals surface area contributed by atoms with E-state index in [1.54, 1.807) is 0 Å². The number of imidazole rings is 1. The van der Waals surface area contributed by atoms with Gasteiger partial charge in [0.05, 0.1) is 6.04 Å². The van der Waals surface area contributed by atoms with Gasteiger partial charge < -0.3 is 10.3 Å². The number of nitrogens with one attached hydrogen (secondary N) is 2. The summed E-state index contributed by atoms with van der Waals surface area (Å²) in [5, 5.41) is 3.56. The van der Waals surface area contributed by atoms with E-state index in [9.17, 15) is 0 Å². The highest BCUT2D eigenvalue weighted by molar-refractivity contribution is 5.28. The van der Waals surface area contributed by atoms with Gasteiger partial charge >= 0.3 is 0 Å². The molecule has 0 amide bonds. The number of hydrogen-bond donors (Lipinski definition) is 2. The van der Waals surface area contributed by atoms with Gasteiger partial charge in [0.15, 0.2) is 0 Å². The molecule has 0 saturated heterocycles. The highest BCUT2D eigenvalue weighted by Gasteiger charge is 2.30. The van der Waals surface area contributed by atoms with E-state index in [1.165, 1.54) is 24.1 Å². The third-order valence-corrected chi connectivity index (χ3v) is 3.88. The predicted molar refractivity (Wildman–Crippen MR) is 74.9 cm³/mol. The van der Waals surface area contributed by atoms with E-state index < -0.39 is 0 Å². The Bertz CT molecular complexity index is 521. The van der Waals surface area contributed by atoms with E-state index in [0.29, 0.717) is 5.92 Å². The first-order valence-corrected chi connectivity index (χ1v) is 7.06. The Balaban J connectivity index is 1.96. The van der Waals surface area contributed by atoms with Gasteiger partial charge in [-0.3, -0.25) is 4.98 Å². The highest BCUT2D eigenvalue weighted by Crippen LogP contribution is 2.38. The molecule has 2 aromatic heterocycles. The Hall–Kier alpha value is -1.68. The maximum absolute atomic E-state index is 4.63. The normalized spacial score (nSPS) is 19.9. The van der Waals surface area contributed by atoms with Gasteiger partial charge in [0.2, 0.25) is 0 Å². The van der Waals surface area contributed by atoms with Crippen molar-refractivity contribution < 1.29 is 0 Å². The van der Waals surface area contributed by atoms with Crippen LogP contribution in [-0.2, 0) is 6.42 Å². The SMILES string of the molecule is CCNC(c1ncc[nH]1)C1CCCc2cccnc21. The first-order valence-electron chi connectivity index (χ1n) is 7.06. The summed E-state index contributed by atoms with van der Waals surface area (Å²) in [6.45, 7) is 3.07. The van der Waals surface area contributed by atoms with E-state index in [0.717, 1.165) is 18.8 Å². The molecule has 2 atom stereocenters. The molecule has 4 nitrogen and oxygen atoms in total. The van der Waals surface area contributed by atoms with Gasteiger partial charge in [-0.15, -0.1) is 0 Å². The van der Waals surface area contributed by atoms with Gasteiger partial charge in [-0.05, 0) is 37.4 Å². The van der Waals surface area contributed by atoms with Gasteiger partial charge in [0, 0.05) is 30.2 Å². The molecular weight excluding hydrogens is 236 g/mol. The number of hydrogen-bond acceptors (Lipinski definition) is 3. The van der Waals surface area contributed by atoms with Crippen molar-refractivity contribution in [3.8, 4) is 0 Å². The quantitative estimate of drug-likeness (QED) is 0.884. The minimum absolute atomic E-state index is 0.231. The summed E-state index contributed by atoms with van der Waals surface area (Å²) >= 11 is 0. The molecule has 0 radical (unpaired) electrons. The van der Waals surface area contributed by atoms with Crippen molar-refractivity contribution in [3.63, 3.8) is 0 Å². The number of H-pyrrole nitrogens is 1. The fourth-order valence-electron chi connectivity index (χ4n) is 3.07. The molecule has 2 heterocycles. The third-order valence-electron chi connectivity index (χ3n) is 3.88. The topological polar surface area (TPSA) is 53.6 Å². The van der Waals surface area contributed by atoms with Gasteiger partial charge in [0.1, 0.15) is 5.82 Å². The van der Waals surface area contributed by atoms with Gasteiger partial charge in [-0.1, -0.05) is 13.0 Å². The zero-order valence-electron chi connectivity index (χ0n) is 11.3. The van der Waals surface area contributed by atoms with Crippen LogP contribution >= 0.6 is 0 Å². The van der Waals surface area contributed by atoms with E-state index in [4.69, 9.17) is 0 Å². The van der Waals surface area contributed by atoms with Crippen molar-refractivity contribution in [1.82, 2.24) is 20.3 Å². The van der Waals surface area contributed by atoms with Crippen LogP contribution in [0.25, 0.3) is 0 Å². The van der Waals surface area contributed by atoms with Crippen LogP contribution in [0, 0.1) is 0 Å². The molecule has 0 aromatic carbocycles. The second kappa shape index (κ2) is 5.53. The second-order valence-corrected chi connectivity index (χ2v) is 5.06. The number of rotatable bonds is 4. The molecule has 2 N–H and O–H groups in total. The molecule has 1 aliphatic carbocycles. The second-order valence-electron chi connectivity index (χ2n) is 5.06. The maximum atomic E-state index is 4.63. The largest absolute Gasteiger partial charge is 0.347 e. The summed E-state index contributed by atoms with van der Waals surface area (Å²) in [5.41, 5.74) is 2.64. The van der Waals surface area contributed by atoms with Gasteiger partial charge in [0.25, 0.3) is 0 Å². The van der Waals surface area contributed by atoms with E-state index in [1.807, 2.05) is 24.7 Å². The number of aromatic amines is 1. The summed E-state index contributed by atoms with van der Waals surface area (Å²) in [4.78, 5) is 12.3. The van der Waals surface area contributed by atoms with Crippen molar-refractivity contribution in [2.24, 2.45) is 0 Å². The molecule has 0 aliphatic heterocycles. The van der Waals surface area contributed by atoms with E-state index >= 15 is 0 Å². The molecule has 1 aliphatic rings. The van der Waals surface area contributed by atoms with Crippen molar-refractivity contribution in [2.75, 3.05) is 6.54 Å². The van der Waals surface area contributed by atoms with Crippen LogP contribution in [0.15, 0.2) is 30.7 Å². The summed E-state index contributed by atoms with van der Waals surface area (Å²) in [7, 11) is 0. The molecule has 3 rings (SSSR count). The fourth-order valence-corrected chi connectivity index (χ4v) is 3.07. The molecule has 2 aromatic rings. The number of fused-ring (bicyclic) bond motifs is 1. The summed E-state index contributed by atoms with van der Waals surface area (Å²) in [6.07, 6.45) is 9.16. The maximum Gasteiger partial charge on any atom is 0.123 e. The first-order chi connectivity index (χ1) is 9.40. The number of aromatic nitrogens is 3. The Morgan fingerprint density at radius 1 is 1.42 bits per heavy atom. The molecule has 4 heteroatoms. The minimum Gasteiger partial charge on any atom is -0.347 e. The van der Waals surface area contributed by atoms with E-state index in [-0.39, 0.29) is 6.04 Å². The molecule has 19 heavy (non-hydrogen) atoms. The lowest BCUT2D eigenvalue weighted by Gasteiger charge is -2.30. The molecule has 0 bridgehead atoms. The van der Waals surface area contributed by atoms with Crippen molar-refractivity contribution >= 4 is 0 Å². The standard InChI is InChI=1S/C15H20N4/c1-2-16-14(15-18-9-10-19-15)12-7-3-5-11-6-4-8-17-13(11)12/h4,6,8-10,12,14,16H,2-3,5,7H2,1H3,(H,18,19). The number of likely N-dealkylation sites (N-methyl/N-ethyl adjacent to an activating group) is 1. The Kier molecular flexibility index (Phi) is 3.60. The van der Waals surface area contributed by atoms with Crippen LogP contribution in [-0.4, -0.2) is 21.5 Å². The Morgan fingerprint density at radius 2 is 2.37 bits per heavy atom. The fraction of sp³-hybridized carbons (Fsp3) is 0.467. The summed E-state index contributed by atoms with van der Waals surface area (Å²) < 4.78 is 0. The molecular formula is C15H20N4. The predicted octanol–water partition coefficient (Wildman–Crippen LogP) is 2.58. The zero-order chi connectivity index (χ0) is 13.1. The lowest BCUT2D eigenvalue weighted by Crippen LogP contribution is -2.30. The molecule has 2 unspecified atom stereocenters. The molecule has 0 spiro atoms. The minimum atomic E-state index is 0.231. The van der Waals surface area contributed by atoms with Crippen LogP contribution in [0.1, 0.15) is 48.8 Å². The Morgan fingerprint density at radius 3 is 3.16 bits per heavy atom.